The number of halogens is 1. The first-order chi connectivity index (χ1) is 15.5. The zero-order valence-corrected chi connectivity index (χ0v) is 18.7. The van der Waals surface area contributed by atoms with Crippen molar-refractivity contribution in [2.75, 3.05) is 18.4 Å². The van der Waals surface area contributed by atoms with Crippen LogP contribution in [-0.4, -0.2) is 37.6 Å². The summed E-state index contributed by atoms with van der Waals surface area (Å²) in [6.07, 6.45) is 5.75. The van der Waals surface area contributed by atoms with Crippen LogP contribution < -0.4 is 16.6 Å². The van der Waals surface area contributed by atoms with Crippen molar-refractivity contribution >= 4 is 28.6 Å². The van der Waals surface area contributed by atoms with Crippen LogP contribution in [0.4, 0.5) is 5.95 Å². The van der Waals surface area contributed by atoms with E-state index in [0.717, 1.165) is 22.3 Å². The number of aromatic nitrogens is 5. The van der Waals surface area contributed by atoms with Gasteiger partial charge in [-0.3, -0.25) is 14.3 Å². The van der Waals surface area contributed by atoms with E-state index in [1.54, 1.807) is 35.3 Å². The van der Waals surface area contributed by atoms with Gasteiger partial charge >= 0.3 is 0 Å². The quantitative estimate of drug-likeness (QED) is 0.442. The van der Waals surface area contributed by atoms with Crippen LogP contribution in [0.5, 0.6) is 0 Å². The Morgan fingerprint density at radius 2 is 1.97 bits per heavy atom. The van der Waals surface area contributed by atoms with Gasteiger partial charge in [0.15, 0.2) is 0 Å². The van der Waals surface area contributed by atoms with Crippen molar-refractivity contribution < 1.29 is 0 Å². The first-order valence-corrected chi connectivity index (χ1v) is 10.8. The van der Waals surface area contributed by atoms with E-state index >= 15 is 0 Å². The number of rotatable bonds is 7. The molecule has 0 atom stereocenters. The molecule has 0 aliphatic rings. The highest BCUT2D eigenvalue weighted by molar-refractivity contribution is 6.33. The fourth-order valence-electron chi connectivity index (χ4n) is 3.55. The van der Waals surface area contributed by atoms with Gasteiger partial charge < -0.3 is 11.1 Å². The highest BCUT2D eigenvalue weighted by Crippen LogP contribution is 2.31. The average molecular weight is 450 g/mol. The number of pyridine rings is 1. The molecule has 0 aliphatic carbocycles. The van der Waals surface area contributed by atoms with Gasteiger partial charge in [-0.1, -0.05) is 23.7 Å². The molecule has 0 amide bonds. The molecule has 4 aromatic rings. The van der Waals surface area contributed by atoms with Gasteiger partial charge in [0.05, 0.1) is 17.6 Å². The number of nitrogens with one attached hydrogen (secondary N) is 1. The molecule has 3 aromatic heterocycles. The van der Waals surface area contributed by atoms with E-state index in [9.17, 15) is 4.79 Å². The van der Waals surface area contributed by atoms with E-state index in [1.807, 2.05) is 26.0 Å². The predicted molar refractivity (Wildman–Crippen MR) is 128 cm³/mol. The molecule has 0 bridgehead atoms. The first kappa shape index (κ1) is 21.9. The fourth-order valence-corrected chi connectivity index (χ4v) is 3.83. The molecule has 0 unspecified atom stereocenters. The Morgan fingerprint density at radius 3 is 2.69 bits per heavy atom. The van der Waals surface area contributed by atoms with E-state index < -0.39 is 0 Å². The monoisotopic (exact) mass is 449 g/mol. The molecule has 3 heterocycles. The van der Waals surface area contributed by atoms with Crippen molar-refractivity contribution in [3.8, 4) is 22.4 Å². The summed E-state index contributed by atoms with van der Waals surface area (Å²) in [6, 6.07) is 7.33. The van der Waals surface area contributed by atoms with Gasteiger partial charge in [0.2, 0.25) is 5.95 Å². The van der Waals surface area contributed by atoms with Gasteiger partial charge in [-0.05, 0) is 38.9 Å². The molecule has 8 nitrogen and oxygen atoms in total. The van der Waals surface area contributed by atoms with E-state index in [2.05, 4.69) is 25.3 Å². The minimum atomic E-state index is -0.169. The average Bonchev–Trinajstić information content (AvgIpc) is 2.79. The molecule has 0 fully saturated rings. The number of nitrogens with zero attached hydrogens (tertiary/aromatic N) is 5. The summed E-state index contributed by atoms with van der Waals surface area (Å²) in [5.41, 5.74) is 9.61. The Bertz CT molecular complexity index is 1340. The first-order valence-electron chi connectivity index (χ1n) is 10.4. The molecule has 9 heteroatoms. The van der Waals surface area contributed by atoms with Crippen molar-refractivity contribution in [1.82, 2.24) is 24.5 Å². The van der Waals surface area contributed by atoms with Gasteiger partial charge in [-0.25, -0.2) is 9.97 Å². The van der Waals surface area contributed by atoms with Crippen LogP contribution in [0.1, 0.15) is 19.0 Å². The maximum atomic E-state index is 13.5. The van der Waals surface area contributed by atoms with Crippen molar-refractivity contribution in [3.05, 3.63) is 63.9 Å². The summed E-state index contributed by atoms with van der Waals surface area (Å²) in [5.74, 6) is 0.482. The summed E-state index contributed by atoms with van der Waals surface area (Å²) in [4.78, 5) is 31.1. The second-order valence-corrected chi connectivity index (χ2v) is 7.81. The minimum Gasteiger partial charge on any atom is -0.354 e. The molecular formula is C23H24ClN7O. The number of hydrogen-bond donors (Lipinski definition) is 2. The van der Waals surface area contributed by atoms with Crippen molar-refractivity contribution in [3.63, 3.8) is 0 Å². The normalized spacial score (nSPS) is 11.1. The standard InChI is InChI=1S/C23H24ClN7O/c1-3-27-23-28-12-16-9-18(22(32)31(8-4-7-25)21(16)30-23)17-6-5-15(10-19(17)24)20-13-26-11-14(2)29-20/h5-6,9-13H,3-4,7-8,25H2,1-2H3,(H,27,28,30). The van der Waals surface area contributed by atoms with E-state index in [0.29, 0.717) is 53.8 Å². The lowest BCUT2D eigenvalue weighted by atomic mass is 10.0. The number of fused-ring (bicyclic) bond motifs is 1. The molecule has 4 rings (SSSR count). The second-order valence-electron chi connectivity index (χ2n) is 7.40. The van der Waals surface area contributed by atoms with E-state index in [-0.39, 0.29) is 5.56 Å². The smallest absolute Gasteiger partial charge is 0.260 e. The molecule has 32 heavy (non-hydrogen) atoms. The molecule has 0 saturated heterocycles. The van der Waals surface area contributed by atoms with Gasteiger partial charge in [0.1, 0.15) is 5.65 Å². The molecule has 0 spiro atoms. The second kappa shape index (κ2) is 9.42. The largest absolute Gasteiger partial charge is 0.354 e. The molecule has 164 valence electrons. The Balaban J connectivity index is 1.86. The van der Waals surface area contributed by atoms with Crippen LogP contribution >= 0.6 is 11.6 Å². The summed E-state index contributed by atoms with van der Waals surface area (Å²) < 4.78 is 1.65. The SMILES string of the molecule is CCNc1ncc2cc(-c3ccc(-c4cncc(C)n4)cc3Cl)c(=O)n(CCCN)c2n1. The zero-order valence-electron chi connectivity index (χ0n) is 18.0. The zero-order chi connectivity index (χ0) is 22.7. The van der Waals surface area contributed by atoms with Crippen LogP contribution in [-0.2, 0) is 6.54 Å². The van der Waals surface area contributed by atoms with Crippen LogP contribution in [0.3, 0.4) is 0 Å². The van der Waals surface area contributed by atoms with Crippen LogP contribution in [0.2, 0.25) is 5.02 Å². The molecule has 0 saturated carbocycles. The number of nitrogens with two attached hydrogens (primary N) is 1. The molecular weight excluding hydrogens is 426 g/mol. The maximum Gasteiger partial charge on any atom is 0.260 e. The Morgan fingerprint density at radius 1 is 1.12 bits per heavy atom. The number of anilines is 1. The van der Waals surface area contributed by atoms with E-state index in [4.69, 9.17) is 17.3 Å². The van der Waals surface area contributed by atoms with E-state index in [1.165, 1.54) is 0 Å². The molecule has 3 N–H and O–H groups in total. The number of benzene rings is 1. The van der Waals surface area contributed by atoms with Crippen molar-refractivity contribution in [2.24, 2.45) is 5.73 Å². The Labute approximate surface area is 190 Å². The third-order valence-electron chi connectivity index (χ3n) is 5.06. The van der Waals surface area contributed by atoms with Crippen molar-refractivity contribution in [1.29, 1.82) is 0 Å². The highest BCUT2D eigenvalue weighted by atomic mass is 35.5. The maximum absolute atomic E-state index is 13.5. The predicted octanol–water partition coefficient (Wildman–Crippen LogP) is 3.66. The Hall–Kier alpha value is -3.36. The van der Waals surface area contributed by atoms with Crippen LogP contribution in [0.25, 0.3) is 33.4 Å². The van der Waals surface area contributed by atoms with Crippen molar-refractivity contribution in [2.45, 2.75) is 26.8 Å². The Kier molecular flexibility index (Phi) is 6.43. The fraction of sp³-hybridized carbons (Fsp3) is 0.261. The molecule has 0 radical (unpaired) electrons. The summed E-state index contributed by atoms with van der Waals surface area (Å²) in [5, 5.41) is 4.30. The van der Waals surface area contributed by atoms with Crippen LogP contribution in [0.15, 0.2) is 47.7 Å². The molecule has 1 aromatic carbocycles. The number of hydrogen-bond acceptors (Lipinski definition) is 7. The summed E-state index contributed by atoms with van der Waals surface area (Å²) in [7, 11) is 0. The minimum absolute atomic E-state index is 0.169. The lowest BCUT2D eigenvalue weighted by molar-refractivity contribution is 0.646. The third kappa shape index (κ3) is 4.32. The topological polar surface area (TPSA) is 112 Å². The lowest BCUT2D eigenvalue weighted by Crippen LogP contribution is -2.24. The van der Waals surface area contributed by atoms with Gasteiger partial charge in [-0.2, -0.15) is 4.98 Å². The van der Waals surface area contributed by atoms with Gasteiger partial charge in [-0.15, -0.1) is 0 Å². The number of aryl methyl sites for hydroxylation is 2. The van der Waals surface area contributed by atoms with Gasteiger partial charge in [0, 0.05) is 52.6 Å². The summed E-state index contributed by atoms with van der Waals surface area (Å²) >= 11 is 6.64. The summed E-state index contributed by atoms with van der Waals surface area (Å²) in [6.45, 7) is 5.46. The van der Waals surface area contributed by atoms with Gasteiger partial charge in [0.25, 0.3) is 5.56 Å². The molecule has 0 aliphatic heterocycles. The third-order valence-corrected chi connectivity index (χ3v) is 5.37. The van der Waals surface area contributed by atoms with Crippen LogP contribution in [0, 0.1) is 6.92 Å². The highest BCUT2D eigenvalue weighted by Gasteiger charge is 2.16. The lowest BCUT2D eigenvalue weighted by Gasteiger charge is -2.14.